The molecule has 1 aromatic heterocycles. The molecule has 0 bridgehead atoms. The maximum atomic E-state index is 12.9. The highest BCUT2D eigenvalue weighted by molar-refractivity contribution is 7.22. The van der Waals surface area contributed by atoms with E-state index in [0.717, 1.165) is 47.2 Å². The van der Waals surface area contributed by atoms with Crippen molar-refractivity contribution < 1.29 is 13.9 Å². The number of carbonyl (C=O) groups is 1. The largest absolute Gasteiger partial charge is 0.378 e. The molecule has 1 fully saturated rings. The van der Waals surface area contributed by atoms with Crippen LogP contribution in [0.1, 0.15) is 5.56 Å². The van der Waals surface area contributed by atoms with Gasteiger partial charge in [0.05, 0.1) is 23.4 Å². The van der Waals surface area contributed by atoms with Crippen LogP contribution in [0, 0.1) is 5.82 Å². The van der Waals surface area contributed by atoms with Crippen molar-refractivity contribution in [2.24, 2.45) is 0 Å². The van der Waals surface area contributed by atoms with Gasteiger partial charge in [0, 0.05) is 24.9 Å². The van der Waals surface area contributed by atoms with Crippen LogP contribution >= 0.6 is 11.3 Å². The van der Waals surface area contributed by atoms with Gasteiger partial charge in [0.25, 0.3) is 0 Å². The molecule has 1 saturated heterocycles. The third kappa shape index (κ3) is 4.32. The predicted octanol–water partition coefficient (Wildman–Crippen LogP) is 3.92. The van der Waals surface area contributed by atoms with Crippen LogP contribution in [-0.2, 0) is 9.53 Å². The number of anilines is 2. The highest BCUT2D eigenvalue weighted by atomic mass is 32.1. The fraction of sp³-hybridized carbons (Fsp3) is 0.200. The molecule has 0 unspecified atom stereocenters. The van der Waals surface area contributed by atoms with Gasteiger partial charge in [-0.25, -0.2) is 9.37 Å². The van der Waals surface area contributed by atoms with Gasteiger partial charge >= 0.3 is 0 Å². The molecule has 4 rings (SSSR count). The molecule has 1 amide bonds. The quantitative estimate of drug-likeness (QED) is 0.694. The molecule has 0 atom stereocenters. The molecular weight excluding hydrogens is 365 g/mol. The number of nitrogens with zero attached hydrogens (tertiary/aromatic N) is 2. The van der Waals surface area contributed by atoms with Crippen LogP contribution in [0.2, 0.25) is 0 Å². The molecule has 2 aromatic carbocycles. The fourth-order valence-corrected chi connectivity index (χ4v) is 3.87. The second kappa shape index (κ2) is 7.85. The highest BCUT2D eigenvalue weighted by Crippen LogP contribution is 2.31. The molecule has 1 aliphatic heterocycles. The maximum absolute atomic E-state index is 12.9. The summed E-state index contributed by atoms with van der Waals surface area (Å²) in [5, 5.41) is 3.83. The summed E-state index contributed by atoms with van der Waals surface area (Å²) < 4.78 is 19.3. The van der Waals surface area contributed by atoms with Crippen LogP contribution in [0.25, 0.3) is 16.3 Å². The Labute approximate surface area is 160 Å². The molecule has 138 valence electrons. The Morgan fingerprint density at radius 1 is 1.19 bits per heavy atom. The Kier molecular flexibility index (Phi) is 5.13. The summed E-state index contributed by atoms with van der Waals surface area (Å²) in [4.78, 5) is 19.0. The number of nitrogens with one attached hydrogen (secondary N) is 1. The second-order valence-corrected chi connectivity index (χ2v) is 7.16. The van der Waals surface area contributed by atoms with Gasteiger partial charge in [-0.15, -0.1) is 0 Å². The number of thiazole rings is 1. The van der Waals surface area contributed by atoms with E-state index in [1.54, 1.807) is 29.5 Å². The molecule has 3 aromatic rings. The number of hydrogen-bond acceptors (Lipinski definition) is 5. The number of carbonyl (C=O) groups excluding carboxylic acids is 1. The normalized spacial score (nSPS) is 14.8. The Bertz CT molecular complexity index is 979. The van der Waals surface area contributed by atoms with Crippen LogP contribution in [0.5, 0.6) is 0 Å². The van der Waals surface area contributed by atoms with Crippen molar-refractivity contribution >= 4 is 44.4 Å². The lowest BCUT2D eigenvalue weighted by Crippen LogP contribution is -2.36. The molecule has 0 saturated carbocycles. The Balaban J connectivity index is 1.45. The van der Waals surface area contributed by atoms with E-state index in [9.17, 15) is 9.18 Å². The Morgan fingerprint density at radius 2 is 1.96 bits per heavy atom. The number of morpholine rings is 1. The zero-order valence-corrected chi connectivity index (χ0v) is 15.3. The number of aromatic nitrogens is 1. The lowest BCUT2D eigenvalue weighted by molar-refractivity contribution is -0.111. The first-order valence-corrected chi connectivity index (χ1v) is 9.47. The highest BCUT2D eigenvalue weighted by Gasteiger charge is 2.15. The lowest BCUT2D eigenvalue weighted by Gasteiger charge is -2.25. The monoisotopic (exact) mass is 383 g/mol. The van der Waals surface area contributed by atoms with E-state index in [0.29, 0.717) is 5.69 Å². The third-order valence-electron chi connectivity index (χ3n) is 4.22. The van der Waals surface area contributed by atoms with Gasteiger partial charge in [-0.2, -0.15) is 0 Å². The summed E-state index contributed by atoms with van der Waals surface area (Å²) in [6, 6.07) is 11.7. The molecule has 1 N–H and O–H groups in total. The molecule has 0 aliphatic carbocycles. The van der Waals surface area contributed by atoms with Gasteiger partial charge < -0.3 is 15.0 Å². The second-order valence-electron chi connectivity index (χ2n) is 6.15. The minimum Gasteiger partial charge on any atom is -0.378 e. The average molecular weight is 383 g/mol. The van der Waals surface area contributed by atoms with Gasteiger partial charge in [0.2, 0.25) is 5.91 Å². The van der Waals surface area contributed by atoms with Crippen LogP contribution < -0.4 is 10.2 Å². The van der Waals surface area contributed by atoms with Crippen molar-refractivity contribution in [3.63, 3.8) is 0 Å². The van der Waals surface area contributed by atoms with Crippen LogP contribution in [0.4, 0.5) is 15.2 Å². The van der Waals surface area contributed by atoms with E-state index in [2.05, 4.69) is 15.2 Å². The first-order chi connectivity index (χ1) is 13.2. The zero-order chi connectivity index (χ0) is 18.6. The van der Waals surface area contributed by atoms with Crippen LogP contribution in [0.3, 0.4) is 0 Å². The van der Waals surface area contributed by atoms with Crippen molar-refractivity contribution in [3.8, 4) is 0 Å². The van der Waals surface area contributed by atoms with E-state index in [1.165, 1.54) is 18.2 Å². The van der Waals surface area contributed by atoms with Gasteiger partial charge in [-0.3, -0.25) is 4.79 Å². The average Bonchev–Trinajstić information content (AvgIpc) is 3.12. The van der Waals surface area contributed by atoms with Crippen LogP contribution in [-0.4, -0.2) is 37.2 Å². The van der Waals surface area contributed by atoms with E-state index < -0.39 is 0 Å². The molecule has 5 nitrogen and oxygen atoms in total. The Morgan fingerprint density at radius 3 is 2.74 bits per heavy atom. The summed E-state index contributed by atoms with van der Waals surface area (Å²) in [5.41, 5.74) is 2.40. The Hall–Kier alpha value is -2.77. The predicted molar refractivity (Wildman–Crippen MR) is 107 cm³/mol. The van der Waals surface area contributed by atoms with Gasteiger partial charge in [0.1, 0.15) is 5.82 Å². The molecular formula is C20H18FN3O2S. The van der Waals surface area contributed by atoms with Crippen molar-refractivity contribution in [1.29, 1.82) is 0 Å². The van der Waals surface area contributed by atoms with Crippen molar-refractivity contribution in [2.75, 3.05) is 36.5 Å². The van der Waals surface area contributed by atoms with E-state index in [1.807, 2.05) is 18.2 Å². The summed E-state index contributed by atoms with van der Waals surface area (Å²) in [5.74, 6) is -0.539. The summed E-state index contributed by atoms with van der Waals surface area (Å²) >= 11 is 1.61. The number of hydrogen-bond donors (Lipinski definition) is 1. The SMILES string of the molecule is O=C(/C=C/c1ccc(F)cc1)Nc1ccc2nc(N3CCOCC3)sc2c1. The topological polar surface area (TPSA) is 54.5 Å². The molecule has 0 radical (unpaired) electrons. The van der Waals surface area contributed by atoms with E-state index >= 15 is 0 Å². The number of rotatable bonds is 4. The number of fused-ring (bicyclic) bond motifs is 1. The summed E-state index contributed by atoms with van der Waals surface area (Å²) in [6.07, 6.45) is 3.08. The van der Waals surface area contributed by atoms with Gasteiger partial charge in [-0.1, -0.05) is 23.5 Å². The van der Waals surface area contributed by atoms with Gasteiger partial charge in [-0.05, 0) is 42.0 Å². The van der Waals surface area contributed by atoms with Crippen molar-refractivity contribution in [1.82, 2.24) is 4.98 Å². The minimum atomic E-state index is -0.300. The molecule has 0 spiro atoms. The number of amides is 1. The van der Waals surface area contributed by atoms with E-state index in [4.69, 9.17) is 4.74 Å². The standard InChI is InChI=1S/C20H18FN3O2S/c21-15-4-1-14(2-5-15)3-8-19(25)22-16-6-7-17-18(13-16)27-20(23-17)24-9-11-26-12-10-24/h1-8,13H,9-12H2,(H,22,25)/b8-3+. The number of halogens is 1. The maximum Gasteiger partial charge on any atom is 0.248 e. The third-order valence-corrected chi connectivity index (χ3v) is 5.30. The minimum absolute atomic E-state index is 0.239. The first kappa shape index (κ1) is 17.6. The fourth-order valence-electron chi connectivity index (χ4n) is 2.81. The van der Waals surface area contributed by atoms with Crippen LogP contribution in [0.15, 0.2) is 48.5 Å². The van der Waals surface area contributed by atoms with E-state index in [-0.39, 0.29) is 11.7 Å². The molecule has 27 heavy (non-hydrogen) atoms. The number of benzene rings is 2. The van der Waals surface area contributed by atoms with Crippen molar-refractivity contribution in [3.05, 3.63) is 59.9 Å². The van der Waals surface area contributed by atoms with Gasteiger partial charge in [0.15, 0.2) is 5.13 Å². The summed E-state index contributed by atoms with van der Waals surface area (Å²) in [6.45, 7) is 3.13. The first-order valence-electron chi connectivity index (χ1n) is 8.65. The smallest absolute Gasteiger partial charge is 0.248 e. The lowest BCUT2D eigenvalue weighted by atomic mass is 10.2. The summed E-state index contributed by atoms with van der Waals surface area (Å²) in [7, 11) is 0. The molecule has 1 aliphatic rings. The molecule has 2 heterocycles. The molecule has 7 heteroatoms. The zero-order valence-electron chi connectivity index (χ0n) is 14.5. The number of ether oxygens (including phenoxy) is 1. The van der Waals surface area contributed by atoms with Crippen molar-refractivity contribution in [2.45, 2.75) is 0 Å².